The average molecular weight is 429 g/mol. The Bertz CT molecular complexity index is 659. The molecule has 1 atom stereocenters. The lowest BCUT2D eigenvalue weighted by molar-refractivity contribution is -0.203. The smallest absolute Gasteiger partial charge is 0.409 e. The Morgan fingerprint density at radius 2 is 1.60 bits per heavy atom. The van der Waals surface area contributed by atoms with Crippen molar-refractivity contribution in [2.24, 2.45) is 0 Å². The fraction of sp³-hybridized carbons (Fsp3) is 0.696. The molecular formula is C23H35F3N2O2. The van der Waals surface area contributed by atoms with Crippen LogP contribution in [0.3, 0.4) is 0 Å². The van der Waals surface area contributed by atoms with Crippen LogP contribution < -0.4 is 10.2 Å². The summed E-state index contributed by atoms with van der Waals surface area (Å²) in [5.74, 6) is 0.159. The summed E-state index contributed by atoms with van der Waals surface area (Å²) in [5, 5.41) is 1.02. The first-order chi connectivity index (χ1) is 14.1. The molecule has 1 aliphatic rings. The highest BCUT2D eigenvalue weighted by atomic mass is 19.4. The molecule has 1 amide bonds. The number of alkyl halides is 3. The van der Waals surface area contributed by atoms with Crippen molar-refractivity contribution in [1.29, 1.82) is 0 Å². The molecule has 30 heavy (non-hydrogen) atoms. The highest BCUT2D eigenvalue weighted by Gasteiger charge is 2.52. The first-order valence-corrected chi connectivity index (χ1v) is 11.0. The van der Waals surface area contributed by atoms with Crippen LogP contribution in [-0.2, 0) is 4.79 Å². The van der Waals surface area contributed by atoms with Crippen LogP contribution in [0.5, 0.6) is 5.75 Å². The first-order valence-electron chi connectivity index (χ1n) is 11.0. The number of halogens is 3. The van der Waals surface area contributed by atoms with Gasteiger partial charge in [-0.3, -0.25) is 10.2 Å². The number of benzene rings is 1. The minimum atomic E-state index is -4.52. The van der Waals surface area contributed by atoms with Crippen molar-refractivity contribution >= 4 is 5.91 Å². The molecule has 1 aromatic carbocycles. The van der Waals surface area contributed by atoms with Crippen LogP contribution in [0.4, 0.5) is 13.2 Å². The highest BCUT2D eigenvalue weighted by Crippen LogP contribution is 2.42. The number of hydrazine groups is 1. The Labute approximate surface area is 178 Å². The number of nitrogens with one attached hydrogen (secondary N) is 1. The molecule has 0 aromatic heterocycles. The fourth-order valence-electron chi connectivity index (χ4n) is 3.87. The van der Waals surface area contributed by atoms with Crippen molar-refractivity contribution < 1.29 is 22.7 Å². The van der Waals surface area contributed by atoms with E-state index in [1.54, 1.807) is 26.0 Å². The van der Waals surface area contributed by atoms with E-state index >= 15 is 0 Å². The first kappa shape index (κ1) is 24.5. The SMILES string of the molecule is CCCCCCCCCCOc1ccc([C@H](N2NC(=O)CC2(C)C)C(F)(F)F)cc1. The van der Waals surface area contributed by atoms with E-state index in [2.05, 4.69) is 12.3 Å². The number of unbranched alkanes of at least 4 members (excludes halogenated alkanes) is 7. The van der Waals surface area contributed by atoms with Crippen LogP contribution in [0.1, 0.15) is 90.2 Å². The minimum absolute atomic E-state index is 0.0272. The highest BCUT2D eigenvalue weighted by molar-refractivity contribution is 5.79. The molecule has 0 spiro atoms. The number of ether oxygens (including phenoxy) is 1. The molecule has 0 bridgehead atoms. The number of hydrogen-bond donors (Lipinski definition) is 1. The minimum Gasteiger partial charge on any atom is -0.494 e. The summed E-state index contributed by atoms with van der Waals surface area (Å²) < 4.78 is 47.2. The third kappa shape index (κ3) is 7.18. The number of nitrogens with zero attached hydrogens (tertiary/aromatic N) is 1. The van der Waals surface area contributed by atoms with E-state index < -0.39 is 23.7 Å². The van der Waals surface area contributed by atoms with Crippen molar-refractivity contribution in [2.75, 3.05) is 6.61 Å². The zero-order valence-corrected chi connectivity index (χ0v) is 18.4. The second-order valence-corrected chi connectivity index (χ2v) is 8.73. The van der Waals surface area contributed by atoms with Gasteiger partial charge in [0.1, 0.15) is 5.75 Å². The van der Waals surface area contributed by atoms with Crippen LogP contribution in [0.25, 0.3) is 0 Å². The third-order valence-electron chi connectivity index (χ3n) is 5.52. The Balaban J connectivity index is 1.86. The molecule has 1 aliphatic heterocycles. The largest absolute Gasteiger partial charge is 0.494 e. The lowest BCUT2D eigenvalue weighted by Gasteiger charge is -2.37. The molecule has 1 N–H and O–H groups in total. The Morgan fingerprint density at radius 3 is 2.10 bits per heavy atom. The quantitative estimate of drug-likeness (QED) is 0.396. The molecule has 2 rings (SSSR count). The predicted octanol–water partition coefficient (Wildman–Crippen LogP) is 6.33. The van der Waals surface area contributed by atoms with Gasteiger partial charge in [-0.25, -0.2) is 0 Å². The average Bonchev–Trinajstić information content (AvgIpc) is 2.92. The molecule has 0 saturated carbocycles. The topological polar surface area (TPSA) is 41.6 Å². The zero-order valence-electron chi connectivity index (χ0n) is 18.4. The van der Waals surface area contributed by atoms with Crippen molar-refractivity contribution in [3.63, 3.8) is 0 Å². The van der Waals surface area contributed by atoms with Crippen LogP contribution in [-0.4, -0.2) is 29.2 Å². The molecule has 0 radical (unpaired) electrons. The van der Waals surface area contributed by atoms with Gasteiger partial charge in [-0.05, 0) is 38.0 Å². The van der Waals surface area contributed by atoms with Gasteiger partial charge in [0.2, 0.25) is 5.91 Å². The van der Waals surface area contributed by atoms with Gasteiger partial charge in [-0.2, -0.15) is 18.2 Å². The second kappa shape index (κ2) is 11.0. The maximum atomic E-state index is 13.8. The van der Waals surface area contributed by atoms with Gasteiger partial charge in [0, 0.05) is 12.0 Å². The molecular weight excluding hydrogens is 393 g/mol. The van der Waals surface area contributed by atoms with Crippen LogP contribution in [0.15, 0.2) is 24.3 Å². The third-order valence-corrected chi connectivity index (χ3v) is 5.52. The van der Waals surface area contributed by atoms with E-state index in [1.807, 2.05) is 0 Å². The van der Waals surface area contributed by atoms with Gasteiger partial charge >= 0.3 is 6.18 Å². The molecule has 1 aromatic rings. The van der Waals surface area contributed by atoms with Crippen LogP contribution in [0.2, 0.25) is 0 Å². The van der Waals surface area contributed by atoms with E-state index in [0.29, 0.717) is 12.4 Å². The summed E-state index contributed by atoms with van der Waals surface area (Å²) in [6.45, 7) is 6.03. The fourth-order valence-corrected chi connectivity index (χ4v) is 3.87. The van der Waals surface area contributed by atoms with Gasteiger partial charge in [0.25, 0.3) is 0 Å². The Kier molecular flexibility index (Phi) is 9.01. The van der Waals surface area contributed by atoms with Crippen LogP contribution in [0, 0.1) is 0 Å². The van der Waals surface area contributed by atoms with E-state index in [-0.39, 0.29) is 12.0 Å². The van der Waals surface area contributed by atoms with Gasteiger partial charge in [0.05, 0.1) is 6.61 Å². The molecule has 0 aliphatic carbocycles. The van der Waals surface area contributed by atoms with Crippen molar-refractivity contribution in [2.45, 2.75) is 96.3 Å². The van der Waals surface area contributed by atoms with E-state index in [0.717, 1.165) is 17.9 Å². The number of carbonyl (C=O) groups excluding carboxylic acids is 1. The maximum absolute atomic E-state index is 13.8. The lowest BCUT2D eigenvalue weighted by Crippen LogP contribution is -2.51. The number of carbonyl (C=O) groups is 1. The second-order valence-electron chi connectivity index (χ2n) is 8.73. The van der Waals surface area contributed by atoms with Gasteiger partial charge < -0.3 is 4.74 Å². The molecule has 1 fully saturated rings. The summed E-state index contributed by atoms with van der Waals surface area (Å²) in [6.07, 6.45) is 5.12. The summed E-state index contributed by atoms with van der Waals surface area (Å²) in [5.41, 5.74) is 1.53. The standard InChI is InChI=1S/C23H35F3N2O2/c1-4-5-6-7-8-9-10-11-16-30-19-14-12-18(13-15-19)21(23(24,25)26)28-22(2,3)17-20(29)27-28/h12-15,21H,4-11,16-17H2,1-3H3,(H,27,29)/t21-/m0/s1. The molecule has 1 saturated heterocycles. The van der Waals surface area contributed by atoms with E-state index in [9.17, 15) is 18.0 Å². The monoisotopic (exact) mass is 428 g/mol. The predicted molar refractivity (Wildman–Crippen MR) is 112 cm³/mol. The van der Waals surface area contributed by atoms with Gasteiger partial charge in [-0.1, -0.05) is 64.0 Å². The summed E-state index contributed by atoms with van der Waals surface area (Å²) in [6, 6.07) is 4.11. The molecule has 1 heterocycles. The normalized spacial score (nSPS) is 17.7. The van der Waals surface area contributed by atoms with Crippen LogP contribution >= 0.6 is 0 Å². The molecule has 4 nitrogen and oxygen atoms in total. The number of amides is 1. The number of hydrogen-bond acceptors (Lipinski definition) is 3. The van der Waals surface area contributed by atoms with E-state index in [4.69, 9.17) is 4.74 Å². The van der Waals surface area contributed by atoms with E-state index in [1.165, 1.54) is 50.7 Å². The van der Waals surface area contributed by atoms with Crippen molar-refractivity contribution in [1.82, 2.24) is 10.4 Å². The summed E-state index contributed by atoms with van der Waals surface area (Å²) in [4.78, 5) is 11.7. The van der Waals surface area contributed by atoms with Gasteiger partial charge in [-0.15, -0.1) is 0 Å². The zero-order chi connectivity index (χ0) is 22.2. The summed E-state index contributed by atoms with van der Waals surface area (Å²) in [7, 11) is 0. The number of rotatable bonds is 12. The Morgan fingerprint density at radius 1 is 1.03 bits per heavy atom. The molecule has 0 unspecified atom stereocenters. The Hall–Kier alpha value is -1.76. The maximum Gasteiger partial charge on any atom is 0.409 e. The molecule has 170 valence electrons. The molecule has 7 heteroatoms. The lowest BCUT2D eigenvalue weighted by atomic mass is 9.97. The summed E-state index contributed by atoms with van der Waals surface area (Å²) >= 11 is 0. The van der Waals surface area contributed by atoms with Gasteiger partial charge in [0.15, 0.2) is 6.04 Å². The van der Waals surface area contributed by atoms with Crippen molar-refractivity contribution in [3.8, 4) is 5.75 Å². The van der Waals surface area contributed by atoms with Crippen molar-refractivity contribution in [3.05, 3.63) is 29.8 Å².